The third-order valence-electron chi connectivity index (χ3n) is 1.58. The van der Waals surface area contributed by atoms with Crippen molar-refractivity contribution in [1.29, 1.82) is 0 Å². The summed E-state index contributed by atoms with van der Waals surface area (Å²) in [5.41, 5.74) is 0.827. The Kier molecular flexibility index (Phi) is 4.67. The molecule has 0 atom stereocenters. The van der Waals surface area contributed by atoms with Gasteiger partial charge in [0.2, 0.25) is 5.91 Å². The second kappa shape index (κ2) is 5.79. The van der Waals surface area contributed by atoms with E-state index < -0.39 is 0 Å². The standard InChI is InChI=1S/C11H9BrClNO/c1-8(15)14-6-2-3-9-4-5-10(12)11(13)7-9/h4-5,7H,6H2,1H3,(H,14,15). The molecular weight excluding hydrogens is 277 g/mol. The maximum atomic E-state index is 10.5. The number of benzene rings is 1. The van der Waals surface area contributed by atoms with Crippen LogP contribution >= 0.6 is 27.5 Å². The SMILES string of the molecule is CC(=O)NCC#Cc1ccc(Br)c(Cl)c1. The van der Waals surface area contributed by atoms with E-state index in [0.717, 1.165) is 10.0 Å². The van der Waals surface area contributed by atoms with E-state index in [1.54, 1.807) is 6.07 Å². The van der Waals surface area contributed by atoms with E-state index in [-0.39, 0.29) is 5.91 Å². The van der Waals surface area contributed by atoms with Gasteiger partial charge in [-0.1, -0.05) is 23.4 Å². The number of nitrogens with one attached hydrogen (secondary N) is 1. The monoisotopic (exact) mass is 285 g/mol. The Hall–Kier alpha value is -0.980. The van der Waals surface area contributed by atoms with Crippen LogP contribution in [0.5, 0.6) is 0 Å². The Bertz CT molecular complexity index is 434. The summed E-state index contributed by atoms with van der Waals surface area (Å²) in [4.78, 5) is 10.5. The first-order valence-electron chi connectivity index (χ1n) is 4.28. The van der Waals surface area contributed by atoms with Crippen molar-refractivity contribution in [1.82, 2.24) is 5.32 Å². The lowest BCUT2D eigenvalue weighted by molar-refractivity contribution is -0.118. The molecule has 0 aliphatic carbocycles. The number of carbonyl (C=O) groups excluding carboxylic acids is 1. The third kappa shape index (κ3) is 4.37. The molecule has 0 aromatic heterocycles. The van der Waals surface area contributed by atoms with E-state index in [9.17, 15) is 4.79 Å². The van der Waals surface area contributed by atoms with Crippen LogP contribution in [0.2, 0.25) is 5.02 Å². The summed E-state index contributed by atoms with van der Waals surface area (Å²) in [6.07, 6.45) is 0. The molecule has 78 valence electrons. The van der Waals surface area contributed by atoms with Gasteiger partial charge < -0.3 is 5.32 Å². The molecule has 1 aromatic rings. The molecular formula is C11H9BrClNO. The molecule has 1 amide bonds. The topological polar surface area (TPSA) is 29.1 Å². The molecule has 2 nitrogen and oxygen atoms in total. The first-order chi connectivity index (χ1) is 7.09. The van der Waals surface area contributed by atoms with Crippen LogP contribution in [0.3, 0.4) is 0 Å². The van der Waals surface area contributed by atoms with Crippen molar-refractivity contribution < 1.29 is 4.79 Å². The highest BCUT2D eigenvalue weighted by Gasteiger charge is 1.95. The van der Waals surface area contributed by atoms with Gasteiger partial charge in [-0.05, 0) is 34.1 Å². The van der Waals surface area contributed by atoms with Gasteiger partial charge in [0.05, 0.1) is 11.6 Å². The maximum Gasteiger partial charge on any atom is 0.217 e. The summed E-state index contributed by atoms with van der Waals surface area (Å²) < 4.78 is 0.844. The largest absolute Gasteiger partial charge is 0.345 e. The van der Waals surface area contributed by atoms with E-state index in [2.05, 4.69) is 33.1 Å². The van der Waals surface area contributed by atoms with E-state index >= 15 is 0 Å². The number of rotatable bonds is 1. The Balaban J connectivity index is 2.64. The van der Waals surface area contributed by atoms with E-state index in [1.807, 2.05) is 12.1 Å². The van der Waals surface area contributed by atoms with Crippen LogP contribution in [0.1, 0.15) is 12.5 Å². The minimum Gasteiger partial charge on any atom is -0.345 e. The lowest BCUT2D eigenvalue weighted by atomic mass is 10.2. The van der Waals surface area contributed by atoms with E-state index in [4.69, 9.17) is 11.6 Å². The van der Waals surface area contributed by atoms with Crippen LogP contribution in [0, 0.1) is 11.8 Å². The summed E-state index contributed by atoms with van der Waals surface area (Å²) in [7, 11) is 0. The maximum absolute atomic E-state index is 10.5. The molecule has 0 spiro atoms. The van der Waals surface area contributed by atoms with Crippen LogP contribution in [0.15, 0.2) is 22.7 Å². The molecule has 0 heterocycles. The number of hydrogen-bond acceptors (Lipinski definition) is 1. The number of halogens is 2. The smallest absolute Gasteiger partial charge is 0.217 e. The molecule has 1 aromatic carbocycles. The number of amides is 1. The predicted octanol–water partition coefficient (Wildman–Crippen LogP) is 2.59. The molecule has 0 saturated heterocycles. The number of carbonyl (C=O) groups is 1. The zero-order chi connectivity index (χ0) is 11.3. The Morgan fingerprint density at radius 1 is 1.60 bits per heavy atom. The van der Waals surface area contributed by atoms with E-state index in [1.165, 1.54) is 6.92 Å². The van der Waals surface area contributed by atoms with Gasteiger partial charge in [-0.25, -0.2) is 0 Å². The van der Waals surface area contributed by atoms with Gasteiger partial charge in [0.15, 0.2) is 0 Å². The van der Waals surface area contributed by atoms with Crippen molar-refractivity contribution in [3.63, 3.8) is 0 Å². The summed E-state index contributed by atoms with van der Waals surface area (Å²) >= 11 is 9.19. The Labute approximate surface area is 102 Å². The highest BCUT2D eigenvalue weighted by atomic mass is 79.9. The van der Waals surface area contributed by atoms with Crippen LogP contribution in [0.25, 0.3) is 0 Å². The highest BCUT2D eigenvalue weighted by molar-refractivity contribution is 9.10. The van der Waals surface area contributed by atoms with Crippen molar-refractivity contribution >= 4 is 33.4 Å². The quantitative estimate of drug-likeness (QED) is 0.790. The summed E-state index contributed by atoms with van der Waals surface area (Å²) in [6, 6.07) is 5.47. The van der Waals surface area contributed by atoms with Crippen LogP contribution in [-0.4, -0.2) is 12.5 Å². The highest BCUT2D eigenvalue weighted by Crippen LogP contribution is 2.22. The minimum atomic E-state index is -0.0851. The lowest BCUT2D eigenvalue weighted by Gasteiger charge is -1.95. The van der Waals surface area contributed by atoms with Gasteiger partial charge >= 0.3 is 0 Å². The lowest BCUT2D eigenvalue weighted by Crippen LogP contribution is -2.19. The van der Waals surface area contributed by atoms with Crippen LogP contribution in [0.4, 0.5) is 0 Å². The zero-order valence-electron chi connectivity index (χ0n) is 8.10. The van der Waals surface area contributed by atoms with E-state index in [0.29, 0.717) is 11.6 Å². The molecule has 0 unspecified atom stereocenters. The van der Waals surface area contributed by atoms with Crippen molar-refractivity contribution in [2.24, 2.45) is 0 Å². The fraction of sp³-hybridized carbons (Fsp3) is 0.182. The summed E-state index contributed by atoms with van der Waals surface area (Å²) in [6.45, 7) is 1.81. The number of hydrogen-bond donors (Lipinski definition) is 1. The van der Waals surface area contributed by atoms with Gasteiger partial charge in [-0.3, -0.25) is 4.79 Å². The first-order valence-corrected chi connectivity index (χ1v) is 5.45. The molecule has 0 aliphatic rings. The molecule has 0 fully saturated rings. The van der Waals surface area contributed by atoms with Gasteiger partial charge in [0.25, 0.3) is 0 Å². The predicted molar refractivity (Wildman–Crippen MR) is 64.7 cm³/mol. The second-order valence-electron chi connectivity index (χ2n) is 2.84. The van der Waals surface area contributed by atoms with Gasteiger partial charge in [0.1, 0.15) is 0 Å². The fourth-order valence-corrected chi connectivity index (χ4v) is 1.32. The normalized spacial score (nSPS) is 9.00. The average Bonchev–Trinajstić information content (AvgIpc) is 2.18. The molecule has 1 N–H and O–H groups in total. The van der Waals surface area contributed by atoms with Crippen molar-refractivity contribution in [3.05, 3.63) is 33.3 Å². The van der Waals surface area contributed by atoms with Crippen molar-refractivity contribution in [3.8, 4) is 11.8 Å². The van der Waals surface area contributed by atoms with Crippen molar-refractivity contribution in [2.75, 3.05) is 6.54 Å². The average molecular weight is 287 g/mol. The Morgan fingerprint density at radius 2 is 2.33 bits per heavy atom. The Morgan fingerprint density at radius 3 is 2.93 bits per heavy atom. The summed E-state index contributed by atoms with van der Waals surface area (Å²) in [5.74, 6) is 5.64. The zero-order valence-corrected chi connectivity index (χ0v) is 10.4. The first kappa shape index (κ1) is 12.1. The van der Waals surface area contributed by atoms with Gasteiger partial charge in [-0.15, -0.1) is 0 Å². The van der Waals surface area contributed by atoms with Crippen LogP contribution in [-0.2, 0) is 4.79 Å². The second-order valence-corrected chi connectivity index (χ2v) is 4.10. The molecule has 0 radical (unpaired) electrons. The molecule has 15 heavy (non-hydrogen) atoms. The molecule has 4 heteroatoms. The van der Waals surface area contributed by atoms with Crippen molar-refractivity contribution in [2.45, 2.75) is 6.92 Å². The molecule has 1 rings (SSSR count). The van der Waals surface area contributed by atoms with Gasteiger partial charge in [0, 0.05) is 17.0 Å². The third-order valence-corrected chi connectivity index (χ3v) is 2.81. The minimum absolute atomic E-state index is 0.0851. The fourth-order valence-electron chi connectivity index (χ4n) is 0.889. The molecule has 0 bridgehead atoms. The summed E-state index contributed by atoms with van der Waals surface area (Å²) in [5, 5.41) is 3.21. The molecule has 0 aliphatic heterocycles. The van der Waals surface area contributed by atoms with Crippen LogP contribution < -0.4 is 5.32 Å². The molecule has 0 saturated carbocycles. The van der Waals surface area contributed by atoms with Gasteiger partial charge in [-0.2, -0.15) is 0 Å².